The molecule has 0 spiro atoms. The topological polar surface area (TPSA) is 85.8 Å². The average Bonchev–Trinajstić information content (AvgIpc) is 2.91. The van der Waals surface area contributed by atoms with Gasteiger partial charge in [-0.25, -0.2) is 9.97 Å². The van der Waals surface area contributed by atoms with Crippen molar-refractivity contribution in [2.45, 2.75) is 33.7 Å². The SMILES string of the molecule is Cc1nc(C)c(C(=O)N[C@H](c2ncnn2C)C(C)C)o1. The van der Waals surface area contributed by atoms with E-state index >= 15 is 0 Å². The Labute approximate surface area is 117 Å². The van der Waals surface area contributed by atoms with Crippen LogP contribution in [0.2, 0.25) is 0 Å². The van der Waals surface area contributed by atoms with Crippen LogP contribution in [0.15, 0.2) is 10.7 Å². The molecule has 0 aliphatic rings. The van der Waals surface area contributed by atoms with Crippen molar-refractivity contribution in [3.63, 3.8) is 0 Å². The van der Waals surface area contributed by atoms with Crippen molar-refractivity contribution in [3.05, 3.63) is 29.5 Å². The third-order valence-corrected chi connectivity index (χ3v) is 3.09. The molecule has 2 heterocycles. The number of rotatable bonds is 4. The van der Waals surface area contributed by atoms with Crippen LogP contribution in [0.3, 0.4) is 0 Å². The summed E-state index contributed by atoms with van der Waals surface area (Å²) in [5.41, 5.74) is 0.584. The van der Waals surface area contributed by atoms with Crippen molar-refractivity contribution in [1.29, 1.82) is 0 Å². The smallest absolute Gasteiger partial charge is 0.289 e. The van der Waals surface area contributed by atoms with E-state index in [9.17, 15) is 4.79 Å². The molecule has 2 aromatic rings. The molecule has 2 rings (SSSR count). The van der Waals surface area contributed by atoms with Crippen LogP contribution in [-0.2, 0) is 7.05 Å². The molecule has 20 heavy (non-hydrogen) atoms. The summed E-state index contributed by atoms with van der Waals surface area (Å²) in [6, 6.07) is -0.236. The molecule has 0 radical (unpaired) electrons. The molecule has 0 unspecified atom stereocenters. The molecule has 1 atom stereocenters. The lowest BCUT2D eigenvalue weighted by Crippen LogP contribution is -2.33. The molecule has 7 heteroatoms. The van der Waals surface area contributed by atoms with Gasteiger partial charge in [-0.2, -0.15) is 5.10 Å². The number of nitrogens with one attached hydrogen (secondary N) is 1. The minimum Gasteiger partial charge on any atom is -0.436 e. The van der Waals surface area contributed by atoms with Gasteiger partial charge in [-0.15, -0.1) is 0 Å². The number of hydrogen-bond acceptors (Lipinski definition) is 5. The molecule has 0 saturated heterocycles. The number of carbonyl (C=O) groups is 1. The summed E-state index contributed by atoms with van der Waals surface area (Å²) >= 11 is 0. The summed E-state index contributed by atoms with van der Waals surface area (Å²) in [5, 5.41) is 6.97. The van der Waals surface area contributed by atoms with Crippen LogP contribution in [0.25, 0.3) is 0 Å². The summed E-state index contributed by atoms with van der Waals surface area (Å²) < 4.78 is 6.99. The number of aryl methyl sites for hydroxylation is 3. The van der Waals surface area contributed by atoms with Crippen LogP contribution in [0.4, 0.5) is 0 Å². The predicted octanol–water partition coefficient (Wildman–Crippen LogP) is 1.55. The lowest BCUT2D eigenvalue weighted by atomic mass is 10.0. The van der Waals surface area contributed by atoms with Gasteiger partial charge in [0, 0.05) is 14.0 Å². The van der Waals surface area contributed by atoms with Crippen LogP contribution in [-0.4, -0.2) is 25.7 Å². The Morgan fingerprint density at radius 2 is 2.10 bits per heavy atom. The largest absolute Gasteiger partial charge is 0.436 e. The number of oxazole rings is 1. The Balaban J connectivity index is 2.23. The van der Waals surface area contributed by atoms with Crippen molar-refractivity contribution in [3.8, 4) is 0 Å². The Morgan fingerprint density at radius 3 is 2.55 bits per heavy atom. The zero-order valence-electron chi connectivity index (χ0n) is 12.3. The summed E-state index contributed by atoms with van der Waals surface area (Å²) in [5.74, 6) is 1.32. The van der Waals surface area contributed by atoms with E-state index in [1.54, 1.807) is 25.6 Å². The van der Waals surface area contributed by atoms with E-state index < -0.39 is 0 Å². The fourth-order valence-electron chi connectivity index (χ4n) is 2.06. The lowest BCUT2D eigenvalue weighted by molar-refractivity contribution is 0.0891. The average molecular weight is 277 g/mol. The van der Waals surface area contributed by atoms with E-state index in [0.717, 1.165) is 0 Å². The van der Waals surface area contributed by atoms with E-state index in [1.807, 2.05) is 13.8 Å². The highest BCUT2D eigenvalue weighted by molar-refractivity contribution is 5.92. The quantitative estimate of drug-likeness (QED) is 0.916. The summed E-state index contributed by atoms with van der Waals surface area (Å²) in [6.07, 6.45) is 1.47. The molecule has 1 N–H and O–H groups in total. The normalized spacial score (nSPS) is 12.7. The monoisotopic (exact) mass is 277 g/mol. The van der Waals surface area contributed by atoms with E-state index in [0.29, 0.717) is 17.4 Å². The number of hydrogen-bond donors (Lipinski definition) is 1. The first-order valence-electron chi connectivity index (χ1n) is 6.49. The summed E-state index contributed by atoms with van der Waals surface area (Å²) in [6.45, 7) is 7.49. The first-order chi connectivity index (χ1) is 9.40. The van der Waals surface area contributed by atoms with Gasteiger partial charge in [-0.05, 0) is 12.8 Å². The number of carbonyl (C=O) groups excluding carboxylic acids is 1. The minimum atomic E-state index is -0.287. The van der Waals surface area contributed by atoms with E-state index in [1.165, 1.54) is 6.33 Å². The molecule has 7 nitrogen and oxygen atoms in total. The number of nitrogens with zero attached hydrogens (tertiary/aromatic N) is 4. The lowest BCUT2D eigenvalue weighted by Gasteiger charge is -2.20. The third kappa shape index (κ3) is 2.71. The van der Waals surface area contributed by atoms with Crippen molar-refractivity contribution < 1.29 is 9.21 Å². The Morgan fingerprint density at radius 1 is 1.40 bits per heavy atom. The van der Waals surface area contributed by atoms with Crippen molar-refractivity contribution >= 4 is 5.91 Å². The standard InChI is InChI=1S/C13H19N5O2/c1-7(2)10(12-14-6-15-18(12)5)17-13(19)11-8(3)16-9(4)20-11/h6-7,10H,1-5H3,(H,17,19)/t10-/m0/s1. The van der Waals surface area contributed by atoms with Gasteiger partial charge < -0.3 is 9.73 Å². The minimum absolute atomic E-state index is 0.172. The summed E-state index contributed by atoms with van der Waals surface area (Å²) in [4.78, 5) is 20.6. The molecule has 0 aliphatic heterocycles. The van der Waals surface area contributed by atoms with Crippen LogP contribution in [0.5, 0.6) is 0 Å². The molecular weight excluding hydrogens is 258 g/mol. The highest BCUT2D eigenvalue weighted by Gasteiger charge is 2.25. The molecule has 0 fully saturated rings. The fourth-order valence-corrected chi connectivity index (χ4v) is 2.06. The molecule has 0 saturated carbocycles. The van der Waals surface area contributed by atoms with Gasteiger partial charge in [0.25, 0.3) is 5.91 Å². The Kier molecular flexibility index (Phi) is 3.87. The van der Waals surface area contributed by atoms with Gasteiger partial charge >= 0.3 is 0 Å². The maximum atomic E-state index is 12.3. The van der Waals surface area contributed by atoms with Gasteiger partial charge in [-0.3, -0.25) is 9.48 Å². The zero-order valence-corrected chi connectivity index (χ0v) is 12.3. The highest BCUT2D eigenvalue weighted by atomic mass is 16.4. The van der Waals surface area contributed by atoms with Gasteiger partial charge in [0.2, 0.25) is 5.76 Å². The van der Waals surface area contributed by atoms with E-state index in [2.05, 4.69) is 20.4 Å². The van der Waals surface area contributed by atoms with Crippen LogP contribution in [0.1, 0.15) is 47.9 Å². The van der Waals surface area contributed by atoms with Gasteiger partial charge in [0.05, 0.1) is 11.7 Å². The van der Waals surface area contributed by atoms with Crippen LogP contribution >= 0.6 is 0 Å². The molecule has 0 bridgehead atoms. The second-order valence-corrected chi connectivity index (χ2v) is 5.08. The van der Waals surface area contributed by atoms with Crippen molar-refractivity contribution in [1.82, 2.24) is 25.1 Å². The second kappa shape index (κ2) is 5.44. The Hall–Kier alpha value is -2.18. The fraction of sp³-hybridized carbons (Fsp3) is 0.538. The first kappa shape index (κ1) is 14.2. The van der Waals surface area contributed by atoms with Gasteiger partial charge in [0.15, 0.2) is 5.89 Å². The van der Waals surface area contributed by atoms with Crippen LogP contribution < -0.4 is 5.32 Å². The van der Waals surface area contributed by atoms with E-state index in [4.69, 9.17) is 4.42 Å². The third-order valence-electron chi connectivity index (χ3n) is 3.09. The number of amides is 1. The maximum absolute atomic E-state index is 12.3. The molecule has 1 amide bonds. The molecule has 2 aromatic heterocycles. The summed E-state index contributed by atoms with van der Waals surface area (Å²) in [7, 11) is 1.80. The zero-order chi connectivity index (χ0) is 14.9. The first-order valence-corrected chi connectivity index (χ1v) is 6.49. The molecule has 0 aliphatic carbocycles. The van der Waals surface area contributed by atoms with Crippen molar-refractivity contribution in [2.24, 2.45) is 13.0 Å². The highest BCUT2D eigenvalue weighted by Crippen LogP contribution is 2.20. The molecule has 108 valence electrons. The van der Waals surface area contributed by atoms with Crippen molar-refractivity contribution in [2.75, 3.05) is 0 Å². The van der Waals surface area contributed by atoms with E-state index in [-0.39, 0.29) is 23.6 Å². The van der Waals surface area contributed by atoms with Gasteiger partial charge in [-0.1, -0.05) is 13.8 Å². The molecular formula is C13H19N5O2. The maximum Gasteiger partial charge on any atom is 0.289 e. The second-order valence-electron chi connectivity index (χ2n) is 5.08. The Bertz CT molecular complexity index is 614. The molecule has 0 aromatic carbocycles. The van der Waals surface area contributed by atoms with Crippen LogP contribution in [0, 0.1) is 19.8 Å². The predicted molar refractivity (Wildman–Crippen MR) is 72.0 cm³/mol. The van der Waals surface area contributed by atoms with Gasteiger partial charge in [0.1, 0.15) is 12.2 Å². The number of aromatic nitrogens is 4.